The molecule has 112 valence electrons. The van der Waals surface area contributed by atoms with Gasteiger partial charge in [0.15, 0.2) is 0 Å². The van der Waals surface area contributed by atoms with Crippen molar-refractivity contribution in [3.63, 3.8) is 0 Å². The van der Waals surface area contributed by atoms with Crippen LogP contribution in [-0.2, 0) is 6.54 Å². The zero-order chi connectivity index (χ0) is 14.5. The Morgan fingerprint density at radius 2 is 1.90 bits per heavy atom. The third-order valence-electron chi connectivity index (χ3n) is 4.28. The summed E-state index contributed by atoms with van der Waals surface area (Å²) in [6.45, 7) is 10.6. The number of pyridine rings is 1. The zero-order valence-corrected chi connectivity index (χ0v) is 12.6. The molecule has 2 rings (SSSR count). The minimum Gasteiger partial charge on any atom is -0.398 e. The van der Waals surface area contributed by atoms with Gasteiger partial charge in [0.1, 0.15) is 0 Å². The number of nitrogens with two attached hydrogens (primary N) is 1. The standard InChI is InChI=1S/C15H26N4O/c1-3-13(2)18-9-6-17(7-10-18)8-11-19-12-14(16)4-5-15(19)20/h4-5,12-13H,3,6-11,16H2,1-2H3. The van der Waals surface area contributed by atoms with Gasteiger partial charge in [-0.2, -0.15) is 0 Å². The Labute approximate surface area is 121 Å². The molecule has 1 saturated heterocycles. The van der Waals surface area contributed by atoms with E-state index in [2.05, 4.69) is 23.6 Å². The maximum Gasteiger partial charge on any atom is 0.250 e. The van der Waals surface area contributed by atoms with Gasteiger partial charge < -0.3 is 10.3 Å². The van der Waals surface area contributed by atoms with E-state index in [1.54, 1.807) is 16.8 Å². The average Bonchev–Trinajstić information content (AvgIpc) is 2.48. The number of nitrogen functional groups attached to an aromatic ring is 1. The first-order chi connectivity index (χ1) is 9.60. The largest absolute Gasteiger partial charge is 0.398 e. The van der Waals surface area contributed by atoms with Crippen molar-refractivity contribution >= 4 is 5.69 Å². The van der Waals surface area contributed by atoms with Gasteiger partial charge in [0, 0.05) is 63.3 Å². The molecule has 0 radical (unpaired) electrons. The van der Waals surface area contributed by atoms with Gasteiger partial charge in [0.25, 0.3) is 5.56 Å². The van der Waals surface area contributed by atoms with Gasteiger partial charge in [0.05, 0.1) is 0 Å². The first kappa shape index (κ1) is 15.1. The molecule has 1 aliphatic heterocycles. The van der Waals surface area contributed by atoms with Crippen LogP contribution < -0.4 is 11.3 Å². The number of piperazine rings is 1. The highest BCUT2D eigenvalue weighted by Crippen LogP contribution is 2.08. The molecule has 0 aromatic carbocycles. The summed E-state index contributed by atoms with van der Waals surface area (Å²) in [4.78, 5) is 16.7. The molecule has 1 atom stereocenters. The van der Waals surface area contributed by atoms with E-state index in [1.807, 2.05) is 0 Å². The van der Waals surface area contributed by atoms with Crippen molar-refractivity contribution in [2.45, 2.75) is 32.9 Å². The van der Waals surface area contributed by atoms with Gasteiger partial charge in [-0.3, -0.25) is 14.6 Å². The first-order valence-corrected chi connectivity index (χ1v) is 7.52. The fourth-order valence-corrected chi connectivity index (χ4v) is 2.66. The van der Waals surface area contributed by atoms with Crippen molar-refractivity contribution in [2.24, 2.45) is 0 Å². The summed E-state index contributed by atoms with van der Waals surface area (Å²) >= 11 is 0. The second-order valence-electron chi connectivity index (χ2n) is 5.63. The van der Waals surface area contributed by atoms with Crippen LogP contribution in [0.4, 0.5) is 5.69 Å². The monoisotopic (exact) mass is 278 g/mol. The SMILES string of the molecule is CCC(C)N1CCN(CCn2cc(N)ccc2=O)CC1. The van der Waals surface area contributed by atoms with Gasteiger partial charge in [0.2, 0.25) is 0 Å². The second kappa shape index (κ2) is 6.90. The molecule has 1 aromatic rings. The fourth-order valence-electron chi connectivity index (χ4n) is 2.66. The Morgan fingerprint density at radius 1 is 1.20 bits per heavy atom. The Morgan fingerprint density at radius 3 is 2.55 bits per heavy atom. The lowest BCUT2D eigenvalue weighted by atomic mass is 10.2. The van der Waals surface area contributed by atoms with E-state index >= 15 is 0 Å². The molecule has 2 N–H and O–H groups in total. The van der Waals surface area contributed by atoms with Crippen LogP contribution in [0.1, 0.15) is 20.3 Å². The first-order valence-electron chi connectivity index (χ1n) is 7.52. The van der Waals surface area contributed by atoms with Crippen molar-refractivity contribution in [1.82, 2.24) is 14.4 Å². The molecule has 0 spiro atoms. The minimum atomic E-state index is 0.0254. The van der Waals surface area contributed by atoms with Gasteiger partial charge in [-0.1, -0.05) is 6.92 Å². The summed E-state index contributed by atoms with van der Waals surface area (Å²) in [5.74, 6) is 0. The quantitative estimate of drug-likeness (QED) is 0.867. The molecule has 0 aliphatic carbocycles. The second-order valence-corrected chi connectivity index (χ2v) is 5.63. The van der Waals surface area contributed by atoms with Crippen molar-refractivity contribution in [1.29, 1.82) is 0 Å². The highest BCUT2D eigenvalue weighted by molar-refractivity contribution is 5.33. The van der Waals surface area contributed by atoms with E-state index in [0.29, 0.717) is 18.3 Å². The van der Waals surface area contributed by atoms with Crippen LogP contribution in [-0.4, -0.2) is 53.1 Å². The molecule has 0 bridgehead atoms. The molecule has 1 unspecified atom stereocenters. The summed E-state index contributed by atoms with van der Waals surface area (Å²) in [7, 11) is 0. The van der Waals surface area contributed by atoms with Crippen molar-refractivity contribution in [3.8, 4) is 0 Å². The average molecular weight is 278 g/mol. The van der Waals surface area contributed by atoms with Crippen molar-refractivity contribution < 1.29 is 0 Å². The van der Waals surface area contributed by atoms with Crippen LogP contribution >= 0.6 is 0 Å². The third kappa shape index (κ3) is 3.84. The minimum absolute atomic E-state index is 0.0254. The van der Waals surface area contributed by atoms with E-state index in [1.165, 1.54) is 12.5 Å². The van der Waals surface area contributed by atoms with Crippen molar-refractivity contribution in [3.05, 3.63) is 28.7 Å². The van der Waals surface area contributed by atoms with Crippen molar-refractivity contribution in [2.75, 3.05) is 38.5 Å². The molecular formula is C15H26N4O. The maximum atomic E-state index is 11.7. The van der Waals surface area contributed by atoms with Crippen LogP contribution in [0, 0.1) is 0 Å². The highest BCUT2D eigenvalue weighted by Gasteiger charge is 2.19. The number of hydrogen-bond acceptors (Lipinski definition) is 4. The van der Waals surface area contributed by atoms with E-state index in [9.17, 15) is 4.79 Å². The van der Waals surface area contributed by atoms with E-state index in [4.69, 9.17) is 5.73 Å². The van der Waals surface area contributed by atoms with Crippen LogP contribution in [0.25, 0.3) is 0 Å². The maximum absolute atomic E-state index is 11.7. The summed E-state index contributed by atoms with van der Waals surface area (Å²) in [5.41, 5.74) is 6.39. The smallest absolute Gasteiger partial charge is 0.250 e. The number of aromatic nitrogens is 1. The predicted octanol–water partition coefficient (Wildman–Crippen LogP) is 0.847. The molecule has 1 fully saturated rings. The molecular weight excluding hydrogens is 252 g/mol. The van der Waals surface area contributed by atoms with Gasteiger partial charge in [-0.25, -0.2) is 0 Å². The van der Waals surface area contributed by atoms with E-state index in [-0.39, 0.29) is 5.56 Å². The molecule has 5 heteroatoms. The van der Waals surface area contributed by atoms with E-state index < -0.39 is 0 Å². The number of rotatable bonds is 5. The molecule has 1 aromatic heterocycles. The van der Waals surface area contributed by atoms with E-state index in [0.717, 1.165) is 32.7 Å². The Bertz CT molecular complexity index is 477. The van der Waals surface area contributed by atoms with Crippen LogP contribution in [0.3, 0.4) is 0 Å². The summed E-state index contributed by atoms with van der Waals surface area (Å²) in [6, 6.07) is 3.87. The number of anilines is 1. The molecule has 5 nitrogen and oxygen atoms in total. The lowest BCUT2D eigenvalue weighted by molar-refractivity contribution is 0.0982. The normalized spacial score (nSPS) is 19.1. The van der Waals surface area contributed by atoms with Crippen LogP contribution in [0.15, 0.2) is 23.1 Å². The Hall–Kier alpha value is -1.33. The topological polar surface area (TPSA) is 54.5 Å². The summed E-state index contributed by atoms with van der Waals surface area (Å²) in [5, 5.41) is 0. The van der Waals surface area contributed by atoms with Crippen LogP contribution in [0.5, 0.6) is 0 Å². The molecule has 20 heavy (non-hydrogen) atoms. The molecule has 2 heterocycles. The van der Waals surface area contributed by atoms with Gasteiger partial charge in [-0.05, 0) is 19.4 Å². The van der Waals surface area contributed by atoms with Gasteiger partial charge in [-0.15, -0.1) is 0 Å². The van der Waals surface area contributed by atoms with Gasteiger partial charge >= 0.3 is 0 Å². The lowest BCUT2D eigenvalue weighted by Gasteiger charge is -2.37. The Balaban J connectivity index is 1.81. The summed E-state index contributed by atoms with van der Waals surface area (Å²) in [6.07, 6.45) is 2.94. The predicted molar refractivity (Wildman–Crippen MR) is 82.9 cm³/mol. The Kier molecular flexibility index (Phi) is 5.20. The lowest BCUT2D eigenvalue weighted by Crippen LogP contribution is -2.50. The summed E-state index contributed by atoms with van der Waals surface area (Å²) < 4.78 is 1.70. The number of nitrogens with zero attached hydrogens (tertiary/aromatic N) is 3. The fraction of sp³-hybridized carbons (Fsp3) is 0.667. The molecule has 1 aliphatic rings. The molecule has 0 saturated carbocycles. The highest BCUT2D eigenvalue weighted by atomic mass is 16.1. The van der Waals surface area contributed by atoms with Crippen LogP contribution in [0.2, 0.25) is 0 Å². The number of hydrogen-bond donors (Lipinski definition) is 1. The zero-order valence-electron chi connectivity index (χ0n) is 12.6. The third-order valence-corrected chi connectivity index (χ3v) is 4.28. The molecule has 0 amide bonds.